The summed E-state index contributed by atoms with van der Waals surface area (Å²) in [4.78, 5) is 10.8. The lowest BCUT2D eigenvalue weighted by Crippen LogP contribution is -2.02. The van der Waals surface area contributed by atoms with E-state index in [0.29, 0.717) is 5.65 Å². The number of hydrogen-bond acceptors (Lipinski definition) is 3. The smallest absolute Gasteiger partial charge is 0.335 e. The Labute approximate surface area is 86.4 Å². The first-order chi connectivity index (χ1) is 7.13. The number of carboxylic acid groups (broad SMARTS) is 1. The van der Waals surface area contributed by atoms with Crippen molar-refractivity contribution in [2.75, 3.05) is 0 Å². The summed E-state index contributed by atoms with van der Waals surface area (Å²) in [6.07, 6.45) is 0.772. The summed E-state index contributed by atoms with van der Waals surface area (Å²) in [5.74, 6) is -0.0962. The van der Waals surface area contributed by atoms with E-state index < -0.39 is 5.97 Å². The number of rotatable bonds is 2. The average molecular weight is 205 g/mol. The Morgan fingerprint density at radius 3 is 2.80 bits per heavy atom. The topological polar surface area (TPSA) is 67.5 Å². The highest BCUT2D eigenvalue weighted by Gasteiger charge is 2.10. The molecule has 0 saturated carbocycles. The van der Waals surface area contributed by atoms with Gasteiger partial charge in [-0.1, -0.05) is 6.92 Å². The molecule has 0 spiro atoms. The summed E-state index contributed by atoms with van der Waals surface area (Å²) in [6, 6.07) is 3.15. The molecule has 0 atom stereocenters. The fourth-order valence-electron chi connectivity index (χ4n) is 1.63. The van der Waals surface area contributed by atoms with Crippen molar-refractivity contribution in [1.82, 2.24) is 14.6 Å². The molecule has 0 radical (unpaired) electrons. The second-order valence-electron chi connectivity index (χ2n) is 3.35. The fourth-order valence-corrected chi connectivity index (χ4v) is 1.63. The number of fused-ring (bicyclic) bond motifs is 1. The Kier molecular flexibility index (Phi) is 2.15. The molecule has 15 heavy (non-hydrogen) atoms. The van der Waals surface area contributed by atoms with Crippen LogP contribution in [0.15, 0.2) is 12.1 Å². The molecule has 0 aliphatic heterocycles. The van der Waals surface area contributed by atoms with Crippen molar-refractivity contribution in [3.05, 3.63) is 29.2 Å². The van der Waals surface area contributed by atoms with Gasteiger partial charge in [0.1, 0.15) is 5.82 Å². The Bertz CT molecular complexity index is 531. The minimum absolute atomic E-state index is 0.245. The third kappa shape index (κ3) is 1.45. The number of carboxylic acids is 1. The highest BCUT2D eigenvalue weighted by Crippen LogP contribution is 2.12. The first kappa shape index (κ1) is 9.64. The minimum atomic E-state index is -0.943. The van der Waals surface area contributed by atoms with Crippen molar-refractivity contribution in [2.24, 2.45) is 0 Å². The van der Waals surface area contributed by atoms with E-state index in [1.54, 1.807) is 6.07 Å². The van der Waals surface area contributed by atoms with Crippen LogP contribution in [0.3, 0.4) is 0 Å². The molecule has 1 N–H and O–H groups in total. The van der Waals surface area contributed by atoms with Gasteiger partial charge in [-0.2, -0.15) is 0 Å². The molecular formula is C10H11N3O2. The van der Waals surface area contributed by atoms with Crippen molar-refractivity contribution in [2.45, 2.75) is 20.3 Å². The molecule has 0 unspecified atom stereocenters. The molecule has 0 fully saturated rings. The standard InChI is InChI=1S/C10H11N3O2/c1-3-8-11-12-9-5-7(10(14)15)4-6(2)13(8)9/h4-5H,3H2,1-2H3,(H,14,15). The summed E-state index contributed by atoms with van der Waals surface area (Å²) < 4.78 is 1.87. The van der Waals surface area contributed by atoms with Crippen LogP contribution in [0.1, 0.15) is 28.8 Å². The monoisotopic (exact) mass is 205 g/mol. The maximum atomic E-state index is 10.8. The van der Waals surface area contributed by atoms with Crippen molar-refractivity contribution in [3.63, 3.8) is 0 Å². The largest absolute Gasteiger partial charge is 0.478 e. The summed E-state index contributed by atoms with van der Waals surface area (Å²) in [5.41, 5.74) is 1.67. The zero-order valence-electron chi connectivity index (χ0n) is 8.56. The predicted molar refractivity (Wildman–Crippen MR) is 54.1 cm³/mol. The van der Waals surface area contributed by atoms with Crippen LogP contribution in [0.25, 0.3) is 5.65 Å². The van der Waals surface area contributed by atoms with Crippen LogP contribution in [-0.2, 0) is 6.42 Å². The molecule has 0 amide bonds. The third-order valence-electron chi connectivity index (χ3n) is 2.32. The van der Waals surface area contributed by atoms with Crippen molar-refractivity contribution in [1.29, 1.82) is 0 Å². The molecule has 78 valence electrons. The number of aromatic carboxylic acids is 1. The molecule has 2 aromatic heterocycles. The van der Waals surface area contributed by atoms with Crippen LogP contribution in [-0.4, -0.2) is 25.7 Å². The van der Waals surface area contributed by atoms with Crippen LogP contribution in [0.2, 0.25) is 0 Å². The van der Waals surface area contributed by atoms with Gasteiger partial charge < -0.3 is 5.11 Å². The van der Waals surface area contributed by atoms with E-state index in [1.165, 1.54) is 6.07 Å². The molecule has 0 aliphatic rings. The molecular weight excluding hydrogens is 194 g/mol. The van der Waals surface area contributed by atoms with Crippen LogP contribution in [0.5, 0.6) is 0 Å². The van der Waals surface area contributed by atoms with E-state index in [2.05, 4.69) is 10.2 Å². The normalized spacial score (nSPS) is 10.8. The van der Waals surface area contributed by atoms with Gasteiger partial charge in [-0.05, 0) is 19.1 Å². The van der Waals surface area contributed by atoms with Crippen molar-refractivity contribution in [3.8, 4) is 0 Å². The van der Waals surface area contributed by atoms with Gasteiger partial charge in [0, 0.05) is 12.1 Å². The van der Waals surface area contributed by atoms with Gasteiger partial charge in [-0.3, -0.25) is 4.40 Å². The lowest BCUT2D eigenvalue weighted by molar-refractivity contribution is 0.0696. The van der Waals surface area contributed by atoms with Gasteiger partial charge in [-0.15, -0.1) is 10.2 Å². The van der Waals surface area contributed by atoms with Gasteiger partial charge in [-0.25, -0.2) is 4.79 Å². The van der Waals surface area contributed by atoms with E-state index in [0.717, 1.165) is 17.9 Å². The predicted octanol–water partition coefficient (Wildman–Crippen LogP) is 1.30. The lowest BCUT2D eigenvalue weighted by atomic mass is 10.2. The van der Waals surface area contributed by atoms with E-state index >= 15 is 0 Å². The number of aromatic nitrogens is 3. The van der Waals surface area contributed by atoms with Gasteiger partial charge in [0.15, 0.2) is 5.65 Å². The SMILES string of the molecule is CCc1nnc2cc(C(=O)O)cc(C)n12. The maximum absolute atomic E-state index is 10.8. The van der Waals surface area contributed by atoms with Crippen LogP contribution in [0, 0.1) is 6.92 Å². The van der Waals surface area contributed by atoms with Crippen LogP contribution >= 0.6 is 0 Å². The number of carbonyl (C=O) groups is 1. The zero-order chi connectivity index (χ0) is 11.0. The number of aryl methyl sites for hydroxylation is 2. The molecule has 5 heteroatoms. The highest BCUT2D eigenvalue weighted by atomic mass is 16.4. The average Bonchev–Trinajstić information content (AvgIpc) is 2.60. The second-order valence-corrected chi connectivity index (χ2v) is 3.35. The summed E-state index contributed by atoms with van der Waals surface area (Å²) in [6.45, 7) is 3.84. The first-order valence-corrected chi connectivity index (χ1v) is 4.71. The summed E-state index contributed by atoms with van der Waals surface area (Å²) in [7, 11) is 0. The van der Waals surface area contributed by atoms with Crippen molar-refractivity contribution >= 4 is 11.6 Å². The maximum Gasteiger partial charge on any atom is 0.335 e. The van der Waals surface area contributed by atoms with E-state index in [9.17, 15) is 4.79 Å². The van der Waals surface area contributed by atoms with Gasteiger partial charge in [0.25, 0.3) is 0 Å². The summed E-state index contributed by atoms with van der Waals surface area (Å²) >= 11 is 0. The second kappa shape index (κ2) is 3.34. The third-order valence-corrected chi connectivity index (χ3v) is 2.32. The quantitative estimate of drug-likeness (QED) is 0.802. The Morgan fingerprint density at radius 1 is 1.47 bits per heavy atom. The molecule has 2 aromatic rings. The van der Waals surface area contributed by atoms with E-state index in [1.807, 2.05) is 18.2 Å². The van der Waals surface area contributed by atoms with Crippen LogP contribution in [0.4, 0.5) is 0 Å². The molecule has 0 aliphatic carbocycles. The van der Waals surface area contributed by atoms with E-state index in [-0.39, 0.29) is 5.56 Å². The van der Waals surface area contributed by atoms with Crippen LogP contribution < -0.4 is 0 Å². The van der Waals surface area contributed by atoms with E-state index in [4.69, 9.17) is 5.11 Å². The fraction of sp³-hybridized carbons (Fsp3) is 0.300. The first-order valence-electron chi connectivity index (χ1n) is 4.71. The Balaban J connectivity index is 2.74. The highest BCUT2D eigenvalue weighted by molar-refractivity contribution is 5.88. The molecule has 5 nitrogen and oxygen atoms in total. The number of pyridine rings is 1. The van der Waals surface area contributed by atoms with Gasteiger partial charge in [0.2, 0.25) is 0 Å². The molecule has 0 bridgehead atoms. The molecule has 2 heterocycles. The molecule has 0 aromatic carbocycles. The van der Waals surface area contributed by atoms with Gasteiger partial charge >= 0.3 is 5.97 Å². The molecule has 0 saturated heterocycles. The minimum Gasteiger partial charge on any atom is -0.478 e. The lowest BCUT2D eigenvalue weighted by Gasteiger charge is -2.03. The summed E-state index contributed by atoms with van der Waals surface area (Å²) in [5, 5.41) is 16.8. The molecule has 2 rings (SSSR count). The number of nitrogens with zero attached hydrogens (tertiary/aromatic N) is 3. The Morgan fingerprint density at radius 2 is 2.20 bits per heavy atom. The van der Waals surface area contributed by atoms with Gasteiger partial charge in [0.05, 0.1) is 5.56 Å². The zero-order valence-corrected chi connectivity index (χ0v) is 8.56. The Hall–Kier alpha value is -1.91. The van der Waals surface area contributed by atoms with Crippen molar-refractivity contribution < 1.29 is 9.90 Å². The number of hydrogen-bond donors (Lipinski definition) is 1.